The third kappa shape index (κ3) is 2.49. The van der Waals surface area contributed by atoms with E-state index >= 15 is 0 Å². The van der Waals surface area contributed by atoms with Crippen molar-refractivity contribution in [3.05, 3.63) is 35.1 Å². The predicted molar refractivity (Wildman–Crippen MR) is 60.6 cm³/mol. The molecule has 0 heterocycles. The number of rotatable bonds is 2. The van der Waals surface area contributed by atoms with Gasteiger partial charge in [0.1, 0.15) is 0 Å². The van der Waals surface area contributed by atoms with E-state index in [0.717, 1.165) is 19.3 Å². The summed E-state index contributed by atoms with van der Waals surface area (Å²) in [4.78, 5) is 11.8. The van der Waals surface area contributed by atoms with E-state index in [-0.39, 0.29) is 11.6 Å². The van der Waals surface area contributed by atoms with Gasteiger partial charge in [0, 0.05) is 11.6 Å². The normalized spacial score (nSPS) is 23.1. The summed E-state index contributed by atoms with van der Waals surface area (Å²) in [6.07, 6.45) is 2.91. The molecule has 0 spiro atoms. The Morgan fingerprint density at radius 1 is 1.22 bits per heavy atom. The van der Waals surface area contributed by atoms with E-state index in [2.05, 4.69) is 5.32 Å². The molecule has 2 rings (SSSR count). The van der Waals surface area contributed by atoms with E-state index in [1.165, 1.54) is 0 Å². The second-order valence-electron chi connectivity index (χ2n) is 4.74. The zero-order valence-electron chi connectivity index (χ0n) is 9.97. The smallest absolute Gasteiger partial charge is 0.251 e. The first-order chi connectivity index (χ1) is 8.49. The van der Waals surface area contributed by atoms with Gasteiger partial charge in [-0.3, -0.25) is 4.79 Å². The van der Waals surface area contributed by atoms with Crippen molar-refractivity contribution < 1.29 is 18.0 Å². The first-order valence-corrected chi connectivity index (χ1v) is 5.94. The number of carbonyl (C=O) groups excluding carboxylic acids is 1. The van der Waals surface area contributed by atoms with Crippen LogP contribution in [0.25, 0.3) is 0 Å². The summed E-state index contributed by atoms with van der Waals surface area (Å²) in [5, 5.41) is 2.72. The van der Waals surface area contributed by atoms with Gasteiger partial charge < -0.3 is 5.32 Å². The molecular formula is C13H14F3NO. The van der Waals surface area contributed by atoms with Gasteiger partial charge in [0.2, 0.25) is 0 Å². The van der Waals surface area contributed by atoms with Crippen LogP contribution < -0.4 is 5.32 Å². The number of hydrogen-bond acceptors (Lipinski definition) is 1. The number of halogens is 3. The van der Waals surface area contributed by atoms with Crippen LogP contribution in [0.15, 0.2) is 12.1 Å². The highest BCUT2D eigenvalue weighted by Crippen LogP contribution is 2.25. The lowest BCUT2D eigenvalue weighted by molar-refractivity contribution is 0.0928. The summed E-state index contributed by atoms with van der Waals surface area (Å²) in [5.41, 5.74) is -0.189. The van der Waals surface area contributed by atoms with E-state index in [4.69, 9.17) is 0 Å². The van der Waals surface area contributed by atoms with Gasteiger partial charge in [-0.2, -0.15) is 0 Å². The maximum Gasteiger partial charge on any atom is 0.251 e. The second-order valence-corrected chi connectivity index (χ2v) is 4.74. The molecule has 2 atom stereocenters. The van der Waals surface area contributed by atoms with Gasteiger partial charge in [-0.1, -0.05) is 13.3 Å². The topological polar surface area (TPSA) is 29.1 Å². The van der Waals surface area contributed by atoms with E-state index in [0.29, 0.717) is 18.1 Å². The molecule has 1 aliphatic carbocycles. The summed E-state index contributed by atoms with van der Waals surface area (Å²) in [6, 6.07) is 1.45. The number of benzene rings is 1. The molecule has 0 aromatic heterocycles. The minimum atomic E-state index is -1.55. The van der Waals surface area contributed by atoms with Crippen LogP contribution in [0.2, 0.25) is 0 Å². The maximum atomic E-state index is 13.0. The largest absolute Gasteiger partial charge is 0.349 e. The van der Waals surface area contributed by atoms with Gasteiger partial charge in [-0.25, -0.2) is 13.2 Å². The quantitative estimate of drug-likeness (QED) is 0.811. The van der Waals surface area contributed by atoms with Crippen molar-refractivity contribution in [3.8, 4) is 0 Å². The number of hydrogen-bond donors (Lipinski definition) is 1. The van der Waals surface area contributed by atoms with Crippen LogP contribution in [0.1, 0.15) is 36.5 Å². The highest BCUT2D eigenvalue weighted by molar-refractivity contribution is 5.94. The molecule has 0 aliphatic heterocycles. The van der Waals surface area contributed by atoms with E-state index < -0.39 is 23.4 Å². The molecule has 1 amide bonds. The highest BCUT2D eigenvalue weighted by Gasteiger charge is 2.25. The molecule has 1 saturated carbocycles. The fourth-order valence-electron chi connectivity index (χ4n) is 2.30. The van der Waals surface area contributed by atoms with Gasteiger partial charge in [-0.05, 0) is 30.9 Å². The van der Waals surface area contributed by atoms with Crippen LogP contribution in [-0.4, -0.2) is 11.9 Å². The Bertz CT molecular complexity index is 452. The summed E-state index contributed by atoms with van der Waals surface area (Å²) >= 11 is 0. The van der Waals surface area contributed by atoms with Gasteiger partial charge in [0.05, 0.1) is 0 Å². The molecule has 1 aromatic carbocycles. The average molecular weight is 257 g/mol. The fourth-order valence-corrected chi connectivity index (χ4v) is 2.30. The average Bonchev–Trinajstić information content (AvgIpc) is 2.71. The van der Waals surface area contributed by atoms with E-state index in [1.807, 2.05) is 6.92 Å². The van der Waals surface area contributed by atoms with Crippen molar-refractivity contribution in [2.45, 2.75) is 32.2 Å². The van der Waals surface area contributed by atoms with E-state index in [1.54, 1.807) is 0 Å². The zero-order chi connectivity index (χ0) is 13.3. The molecule has 1 aromatic rings. The van der Waals surface area contributed by atoms with Crippen molar-refractivity contribution >= 4 is 5.91 Å². The Kier molecular flexibility index (Phi) is 3.59. The number of amides is 1. The van der Waals surface area contributed by atoms with Crippen LogP contribution in [0.3, 0.4) is 0 Å². The summed E-state index contributed by atoms with van der Waals surface area (Å²) in [6.45, 7) is 2.02. The van der Waals surface area contributed by atoms with Gasteiger partial charge in [0.15, 0.2) is 17.5 Å². The second kappa shape index (κ2) is 5.00. The molecule has 0 bridgehead atoms. The molecule has 1 aliphatic rings. The molecular weight excluding hydrogens is 243 g/mol. The summed E-state index contributed by atoms with van der Waals surface area (Å²) < 4.78 is 38.8. The van der Waals surface area contributed by atoms with Crippen LogP contribution in [0, 0.1) is 23.4 Å². The standard InChI is InChI=1S/C13H14F3NO/c1-7-3-2-4-11(7)17-13(18)8-5-9(14)12(16)10(15)6-8/h5-7,11H,2-4H2,1H3,(H,17,18). The molecule has 18 heavy (non-hydrogen) atoms. The lowest BCUT2D eigenvalue weighted by Crippen LogP contribution is -2.36. The van der Waals surface area contributed by atoms with Gasteiger partial charge >= 0.3 is 0 Å². The summed E-state index contributed by atoms with van der Waals surface area (Å²) in [7, 11) is 0. The Hall–Kier alpha value is -1.52. The molecule has 0 radical (unpaired) electrons. The Balaban J connectivity index is 2.14. The van der Waals surface area contributed by atoms with Crippen molar-refractivity contribution in [1.29, 1.82) is 0 Å². The molecule has 2 nitrogen and oxygen atoms in total. The molecule has 0 saturated heterocycles. The summed E-state index contributed by atoms with van der Waals surface area (Å²) in [5.74, 6) is -4.46. The Morgan fingerprint density at radius 2 is 1.83 bits per heavy atom. The van der Waals surface area contributed by atoms with Gasteiger partial charge in [-0.15, -0.1) is 0 Å². The van der Waals surface area contributed by atoms with Crippen LogP contribution in [0.5, 0.6) is 0 Å². The van der Waals surface area contributed by atoms with Gasteiger partial charge in [0.25, 0.3) is 5.91 Å². The molecule has 1 N–H and O–H groups in total. The number of carbonyl (C=O) groups is 1. The Morgan fingerprint density at radius 3 is 2.33 bits per heavy atom. The zero-order valence-corrected chi connectivity index (χ0v) is 9.97. The van der Waals surface area contributed by atoms with Crippen molar-refractivity contribution in [2.24, 2.45) is 5.92 Å². The number of nitrogens with one attached hydrogen (secondary N) is 1. The highest BCUT2D eigenvalue weighted by atomic mass is 19.2. The first-order valence-electron chi connectivity index (χ1n) is 5.94. The molecule has 1 fully saturated rings. The third-order valence-electron chi connectivity index (χ3n) is 3.42. The first kappa shape index (κ1) is 12.9. The van der Waals surface area contributed by atoms with E-state index in [9.17, 15) is 18.0 Å². The predicted octanol–water partition coefficient (Wildman–Crippen LogP) is 3.02. The minimum absolute atomic E-state index is 0.0219. The molecule has 2 unspecified atom stereocenters. The monoisotopic (exact) mass is 257 g/mol. The minimum Gasteiger partial charge on any atom is -0.349 e. The maximum absolute atomic E-state index is 13.0. The van der Waals surface area contributed by atoms with Crippen LogP contribution in [0.4, 0.5) is 13.2 Å². The van der Waals surface area contributed by atoms with Crippen LogP contribution >= 0.6 is 0 Å². The fraction of sp³-hybridized carbons (Fsp3) is 0.462. The SMILES string of the molecule is CC1CCCC1NC(=O)c1cc(F)c(F)c(F)c1. The van der Waals surface area contributed by atoms with Crippen molar-refractivity contribution in [3.63, 3.8) is 0 Å². The lowest BCUT2D eigenvalue weighted by atomic mass is 10.1. The Labute approximate surface area is 103 Å². The molecule has 98 valence electrons. The molecule has 5 heteroatoms. The third-order valence-corrected chi connectivity index (χ3v) is 3.42. The van der Waals surface area contributed by atoms with Crippen molar-refractivity contribution in [1.82, 2.24) is 5.32 Å². The van der Waals surface area contributed by atoms with Crippen LogP contribution in [-0.2, 0) is 0 Å². The van der Waals surface area contributed by atoms with Crippen molar-refractivity contribution in [2.75, 3.05) is 0 Å². The lowest BCUT2D eigenvalue weighted by Gasteiger charge is -2.17.